The van der Waals surface area contributed by atoms with Crippen LogP contribution in [0, 0.1) is 0 Å². The Morgan fingerprint density at radius 1 is 1.64 bits per heavy atom. The van der Waals surface area contributed by atoms with Crippen LogP contribution in [-0.4, -0.2) is 22.6 Å². The van der Waals surface area contributed by atoms with Gasteiger partial charge in [-0.3, -0.25) is 9.36 Å². The molecular weight excluding hydrogens is 183 g/mol. The molecule has 14 heavy (non-hydrogen) atoms. The molecule has 0 bridgehead atoms. The van der Waals surface area contributed by atoms with Gasteiger partial charge in [0.15, 0.2) is 0 Å². The SMILES string of the molecule is COc1c(C(=O)[O-])ncn(C)c1=O.[Li+]. The average molecular weight is 190 g/mol. The van der Waals surface area contributed by atoms with Crippen LogP contribution in [0.15, 0.2) is 11.1 Å². The molecule has 0 aromatic carbocycles. The first kappa shape index (κ1) is 12.7. The van der Waals surface area contributed by atoms with E-state index in [0.29, 0.717) is 0 Å². The van der Waals surface area contributed by atoms with Crippen molar-refractivity contribution in [3.8, 4) is 5.75 Å². The molecule has 0 amide bonds. The number of hydrogen-bond acceptors (Lipinski definition) is 5. The quantitative estimate of drug-likeness (QED) is 0.437. The number of carbonyl (C=O) groups is 1. The van der Waals surface area contributed by atoms with E-state index in [0.717, 1.165) is 10.9 Å². The number of aromatic carboxylic acids is 1. The van der Waals surface area contributed by atoms with Crippen LogP contribution in [0.3, 0.4) is 0 Å². The minimum absolute atomic E-state index is 0. The molecule has 70 valence electrons. The van der Waals surface area contributed by atoms with Crippen molar-refractivity contribution < 1.29 is 33.5 Å². The number of nitrogens with zero attached hydrogens (tertiary/aromatic N) is 2. The zero-order valence-corrected chi connectivity index (χ0v) is 8.10. The van der Waals surface area contributed by atoms with Crippen molar-refractivity contribution in [1.82, 2.24) is 9.55 Å². The molecule has 0 spiro atoms. The van der Waals surface area contributed by atoms with E-state index >= 15 is 0 Å². The molecule has 1 heterocycles. The maximum atomic E-state index is 11.2. The van der Waals surface area contributed by atoms with Gasteiger partial charge in [0.25, 0.3) is 5.56 Å². The van der Waals surface area contributed by atoms with Crippen molar-refractivity contribution >= 4 is 5.97 Å². The summed E-state index contributed by atoms with van der Waals surface area (Å²) in [6.45, 7) is 0. The summed E-state index contributed by atoms with van der Waals surface area (Å²) in [5, 5.41) is 10.4. The number of hydrogen-bond donors (Lipinski definition) is 0. The van der Waals surface area contributed by atoms with E-state index in [-0.39, 0.29) is 24.6 Å². The van der Waals surface area contributed by atoms with Crippen molar-refractivity contribution in [3.63, 3.8) is 0 Å². The van der Waals surface area contributed by atoms with Crippen LogP contribution in [-0.2, 0) is 7.05 Å². The molecule has 0 aliphatic heterocycles. The van der Waals surface area contributed by atoms with Crippen LogP contribution in [0.25, 0.3) is 0 Å². The van der Waals surface area contributed by atoms with Gasteiger partial charge in [-0.2, -0.15) is 0 Å². The van der Waals surface area contributed by atoms with Crippen LogP contribution < -0.4 is 34.3 Å². The molecule has 6 nitrogen and oxygen atoms in total. The summed E-state index contributed by atoms with van der Waals surface area (Å²) in [4.78, 5) is 25.2. The molecular formula is C7H7LiN2O4. The molecule has 0 radical (unpaired) electrons. The van der Waals surface area contributed by atoms with E-state index < -0.39 is 17.2 Å². The second kappa shape index (κ2) is 4.84. The topological polar surface area (TPSA) is 84.2 Å². The fourth-order valence-corrected chi connectivity index (χ4v) is 0.846. The second-order valence-electron chi connectivity index (χ2n) is 2.33. The predicted molar refractivity (Wildman–Crippen MR) is 40.4 cm³/mol. The Labute approximate surface area is 91.7 Å². The number of carboxylic acids is 1. The van der Waals surface area contributed by atoms with Gasteiger partial charge >= 0.3 is 18.9 Å². The van der Waals surface area contributed by atoms with E-state index in [1.165, 1.54) is 14.2 Å². The van der Waals surface area contributed by atoms with Crippen molar-refractivity contribution in [2.45, 2.75) is 0 Å². The first-order chi connectivity index (χ1) is 6.07. The largest absolute Gasteiger partial charge is 1.00 e. The number of carboxylic acid groups (broad SMARTS) is 1. The summed E-state index contributed by atoms with van der Waals surface area (Å²) < 4.78 is 5.72. The zero-order chi connectivity index (χ0) is 10.0. The van der Waals surface area contributed by atoms with E-state index in [9.17, 15) is 14.7 Å². The van der Waals surface area contributed by atoms with Crippen molar-refractivity contribution in [2.24, 2.45) is 7.05 Å². The third-order valence-corrected chi connectivity index (χ3v) is 1.49. The Kier molecular flexibility index (Phi) is 4.41. The maximum Gasteiger partial charge on any atom is 1.00 e. The Morgan fingerprint density at radius 3 is 2.64 bits per heavy atom. The van der Waals surface area contributed by atoms with Crippen LogP contribution in [0.1, 0.15) is 10.5 Å². The number of rotatable bonds is 2. The standard InChI is InChI=1S/C7H8N2O4.Li/c1-9-3-8-4(7(11)12)5(13-2)6(9)10;/h3H,1-2H3,(H,11,12);/q;+1/p-1. The molecule has 0 saturated heterocycles. The van der Waals surface area contributed by atoms with Gasteiger partial charge in [-0.1, -0.05) is 0 Å². The Hall–Kier alpha value is -1.25. The van der Waals surface area contributed by atoms with E-state index in [1.807, 2.05) is 0 Å². The fraction of sp³-hybridized carbons (Fsp3) is 0.286. The number of ether oxygens (including phenoxy) is 1. The average Bonchev–Trinajstić information content (AvgIpc) is 2.09. The van der Waals surface area contributed by atoms with Crippen molar-refractivity contribution in [3.05, 3.63) is 22.4 Å². The van der Waals surface area contributed by atoms with Crippen molar-refractivity contribution in [2.75, 3.05) is 7.11 Å². The number of methoxy groups -OCH3 is 1. The van der Waals surface area contributed by atoms with E-state index in [1.54, 1.807) is 0 Å². The minimum Gasteiger partial charge on any atom is -0.543 e. The fourth-order valence-electron chi connectivity index (χ4n) is 0.846. The number of aromatic nitrogens is 2. The molecule has 0 saturated carbocycles. The summed E-state index contributed by atoms with van der Waals surface area (Å²) in [6, 6.07) is 0. The summed E-state index contributed by atoms with van der Waals surface area (Å²) in [6.07, 6.45) is 1.09. The molecule has 0 aliphatic rings. The first-order valence-corrected chi connectivity index (χ1v) is 3.39. The Balaban J connectivity index is 0.00000169. The van der Waals surface area contributed by atoms with Crippen LogP contribution in [0.5, 0.6) is 5.75 Å². The van der Waals surface area contributed by atoms with Gasteiger partial charge in [0, 0.05) is 7.05 Å². The Morgan fingerprint density at radius 2 is 2.21 bits per heavy atom. The molecule has 1 aromatic rings. The van der Waals surface area contributed by atoms with E-state index in [2.05, 4.69) is 9.72 Å². The molecule has 7 heteroatoms. The third kappa shape index (κ3) is 2.16. The second-order valence-corrected chi connectivity index (χ2v) is 2.33. The number of carbonyl (C=O) groups excluding carboxylic acids is 1. The van der Waals surface area contributed by atoms with Gasteiger partial charge in [0.2, 0.25) is 5.75 Å². The van der Waals surface area contributed by atoms with Gasteiger partial charge in [-0.15, -0.1) is 0 Å². The smallest absolute Gasteiger partial charge is 0.543 e. The molecule has 0 N–H and O–H groups in total. The summed E-state index contributed by atoms with van der Waals surface area (Å²) >= 11 is 0. The summed E-state index contributed by atoms with van der Waals surface area (Å²) in [5.41, 5.74) is -1.04. The van der Waals surface area contributed by atoms with E-state index in [4.69, 9.17) is 0 Å². The van der Waals surface area contributed by atoms with Gasteiger partial charge in [-0.25, -0.2) is 4.98 Å². The molecule has 0 aliphatic carbocycles. The number of aryl methyl sites for hydroxylation is 1. The normalized spacial score (nSPS) is 9.00. The van der Waals surface area contributed by atoms with Gasteiger partial charge in [-0.05, 0) is 0 Å². The molecule has 1 aromatic heterocycles. The minimum atomic E-state index is -1.53. The monoisotopic (exact) mass is 190 g/mol. The zero-order valence-electron chi connectivity index (χ0n) is 8.10. The van der Waals surface area contributed by atoms with Crippen LogP contribution in [0.4, 0.5) is 0 Å². The first-order valence-electron chi connectivity index (χ1n) is 3.39. The van der Waals surface area contributed by atoms with Crippen LogP contribution >= 0.6 is 0 Å². The van der Waals surface area contributed by atoms with Gasteiger partial charge in [0.1, 0.15) is 5.69 Å². The molecule has 0 atom stereocenters. The molecule has 0 unspecified atom stereocenters. The van der Waals surface area contributed by atoms with Crippen LogP contribution in [0.2, 0.25) is 0 Å². The maximum absolute atomic E-state index is 11.2. The summed E-state index contributed by atoms with van der Waals surface area (Å²) in [5.74, 6) is -1.85. The third-order valence-electron chi connectivity index (χ3n) is 1.49. The Bertz CT molecular complexity index is 401. The predicted octanol–water partition coefficient (Wildman–Crippen LogP) is -4.84. The summed E-state index contributed by atoms with van der Waals surface area (Å²) in [7, 11) is 2.64. The molecule has 0 fully saturated rings. The van der Waals surface area contributed by atoms with Crippen molar-refractivity contribution in [1.29, 1.82) is 0 Å². The van der Waals surface area contributed by atoms with Gasteiger partial charge < -0.3 is 14.6 Å². The molecule has 1 rings (SSSR count). The van der Waals surface area contributed by atoms with Gasteiger partial charge in [0.05, 0.1) is 19.4 Å².